The Labute approximate surface area is 272 Å². The number of hydrogen-bond donors (Lipinski definition) is 0. The van der Waals surface area contributed by atoms with Crippen LogP contribution < -0.4 is 4.90 Å². The Kier molecular flexibility index (Phi) is 5.24. The first kappa shape index (κ1) is 25.8. The molecule has 0 atom stereocenters. The summed E-state index contributed by atoms with van der Waals surface area (Å²) in [6, 6.07) is 54.5. The lowest BCUT2D eigenvalue weighted by atomic mass is 9.64. The maximum Gasteiger partial charge on any atom is 0.101 e. The number of fused-ring (bicyclic) bond motifs is 12. The second kappa shape index (κ2) is 9.53. The second-order valence-corrected chi connectivity index (χ2v) is 12.3. The van der Waals surface area contributed by atoms with Gasteiger partial charge >= 0.3 is 0 Å². The first-order valence-electron chi connectivity index (χ1n) is 15.9. The van der Waals surface area contributed by atoms with Crippen molar-refractivity contribution in [3.05, 3.63) is 186 Å². The third-order valence-electron chi connectivity index (χ3n) is 10.1. The van der Waals surface area contributed by atoms with Crippen molar-refractivity contribution in [1.82, 2.24) is 9.55 Å². The van der Waals surface area contributed by atoms with Gasteiger partial charge in [0.15, 0.2) is 0 Å². The van der Waals surface area contributed by atoms with E-state index in [1.807, 2.05) is 24.5 Å². The molecule has 0 saturated carbocycles. The first-order valence-corrected chi connectivity index (χ1v) is 15.9. The number of anilines is 3. The number of nitrogens with zero attached hydrogens (tertiary/aromatic N) is 4. The zero-order valence-corrected chi connectivity index (χ0v) is 25.3. The monoisotopic (exact) mass is 598 g/mol. The Morgan fingerprint density at radius 3 is 1.79 bits per heavy atom. The van der Waals surface area contributed by atoms with Crippen LogP contribution in [0.5, 0.6) is 0 Å². The number of pyridine rings is 1. The van der Waals surface area contributed by atoms with Crippen molar-refractivity contribution in [1.29, 1.82) is 5.26 Å². The summed E-state index contributed by atoms with van der Waals surface area (Å²) < 4.78 is 2.21. The Bertz CT molecular complexity index is 2470. The minimum absolute atomic E-state index is 0.466. The zero-order valence-electron chi connectivity index (χ0n) is 25.3. The highest BCUT2D eigenvalue weighted by Crippen LogP contribution is 2.63. The minimum Gasteiger partial charge on any atom is -0.310 e. The summed E-state index contributed by atoms with van der Waals surface area (Å²) in [5.74, 6) is 0. The fraction of sp³-hybridized carbons (Fsp3) is 0.0233. The maximum atomic E-state index is 10.4. The lowest BCUT2D eigenvalue weighted by Crippen LogP contribution is -2.36. The minimum atomic E-state index is -0.466. The van der Waals surface area contributed by atoms with E-state index in [1.165, 1.54) is 33.4 Å². The molecule has 47 heavy (non-hydrogen) atoms. The molecule has 0 N–H and O–H groups in total. The molecule has 6 aromatic carbocycles. The molecular formula is C43H26N4. The SMILES string of the molecule is N#Cc1ccc(N2c3ccccc3C3(c4ccccc4-c4ccccc43)c3ccccc32)cc1-n1c2ccccc2c2cnccc21. The fourth-order valence-corrected chi connectivity index (χ4v) is 8.35. The van der Waals surface area contributed by atoms with E-state index in [2.05, 4.69) is 154 Å². The molecule has 1 spiro atoms. The van der Waals surface area contributed by atoms with Crippen LogP contribution in [0.25, 0.3) is 38.6 Å². The summed E-state index contributed by atoms with van der Waals surface area (Å²) in [7, 11) is 0. The van der Waals surface area contributed by atoms with Gasteiger partial charge in [0.2, 0.25) is 0 Å². The smallest absolute Gasteiger partial charge is 0.101 e. The van der Waals surface area contributed by atoms with Crippen molar-refractivity contribution in [3.8, 4) is 22.9 Å². The van der Waals surface area contributed by atoms with E-state index in [-0.39, 0.29) is 0 Å². The molecule has 0 fully saturated rings. The molecule has 0 amide bonds. The van der Waals surface area contributed by atoms with E-state index in [1.54, 1.807) is 0 Å². The third-order valence-corrected chi connectivity index (χ3v) is 10.1. The molecule has 2 aromatic heterocycles. The van der Waals surface area contributed by atoms with Gasteiger partial charge in [0.05, 0.1) is 39.1 Å². The Morgan fingerprint density at radius 1 is 0.532 bits per heavy atom. The van der Waals surface area contributed by atoms with Crippen molar-refractivity contribution < 1.29 is 0 Å². The predicted molar refractivity (Wildman–Crippen MR) is 189 cm³/mol. The van der Waals surface area contributed by atoms with E-state index in [9.17, 15) is 5.26 Å². The first-order chi connectivity index (χ1) is 23.3. The van der Waals surface area contributed by atoms with Crippen molar-refractivity contribution in [2.75, 3.05) is 4.90 Å². The molecule has 10 rings (SSSR count). The van der Waals surface area contributed by atoms with Crippen LogP contribution in [0.2, 0.25) is 0 Å². The van der Waals surface area contributed by atoms with Crippen molar-refractivity contribution >= 4 is 38.9 Å². The molecule has 218 valence electrons. The van der Waals surface area contributed by atoms with Gasteiger partial charge in [-0.2, -0.15) is 5.26 Å². The van der Waals surface area contributed by atoms with Crippen LogP contribution in [0.15, 0.2) is 158 Å². The molecule has 8 aromatic rings. The van der Waals surface area contributed by atoms with E-state index >= 15 is 0 Å². The van der Waals surface area contributed by atoms with Gasteiger partial charge in [-0.15, -0.1) is 0 Å². The summed E-state index contributed by atoms with van der Waals surface area (Å²) >= 11 is 0. The summed E-state index contributed by atoms with van der Waals surface area (Å²) in [6.07, 6.45) is 3.74. The molecule has 2 aliphatic rings. The summed E-state index contributed by atoms with van der Waals surface area (Å²) in [6.45, 7) is 0. The van der Waals surface area contributed by atoms with Crippen LogP contribution in [0.4, 0.5) is 17.1 Å². The Hall–Kier alpha value is -6.44. The van der Waals surface area contributed by atoms with Gasteiger partial charge in [-0.3, -0.25) is 4.98 Å². The molecule has 1 aliphatic carbocycles. The number of aromatic nitrogens is 2. The van der Waals surface area contributed by atoms with Gasteiger partial charge in [0, 0.05) is 28.9 Å². The van der Waals surface area contributed by atoms with Crippen LogP contribution >= 0.6 is 0 Å². The van der Waals surface area contributed by atoms with Crippen LogP contribution in [0.3, 0.4) is 0 Å². The Balaban J connectivity index is 1.28. The lowest BCUT2D eigenvalue weighted by Gasteiger charge is -2.45. The highest BCUT2D eigenvalue weighted by molar-refractivity contribution is 6.09. The maximum absolute atomic E-state index is 10.4. The number of rotatable bonds is 2. The highest BCUT2D eigenvalue weighted by atomic mass is 15.2. The molecule has 0 bridgehead atoms. The average molecular weight is 599 g/mol. The quantitative estimate of drug-likeness (QED) is 0.199. The van der Waals surface area contributed by atoms with Gasteiger partial charge in [0.25, 0.3) is 0 Å². The van der Waals surface area contributed by atoms with E-state index in [0.717, 1.165) is 44.6 Å². The molecule has 1 aliphatic heterocycles. The number of para-hydroxylation sites is 3. The summed E-state index contributed by atoms with van der Waals surface area (Å²) in [5.41, 5.74) is 13.9. The van der Waals surface area contributed by atoms with Crippen molar-refractivity contribution in [2.24, 2.45) is 0 Å². The number of nitriles is 1. The highest BCUT2D eigenvalue weighted by Gasteiger charge is 2.51. The van der Waals surface area contributed by atoms with Gasteiger partial charge in [0.1, 0.15) is 6.07 Å². The molecule has 4 heteroatoms. The van der Waals surface area contributed by atoms with Crippen molar-refractivity contribution in [2.45, 2.75) is 5.41 Å². The van der Waals surface area contributed by atoms with E-state index in [0.29, 0.717) is 5.56 Å². The Morgan fingerprint density at radius 2 is 1.11 bits per heavy atom. The van der Waals surface area contributed by atoms with Crippen LogP contribution in [-0.4, -0.2) is 9.55 Å². The summed E-state index contributed by atoms with van der Waals surface area (Å²) in [4.78, 5) is 6.81. The van der Waals surface area contributed by atoms with Gasteiger partial charge in [-0.25, -0.2) is 0 Å². The largest absolute Gasteiger partial charge is 0.310 e. The zero-order chi connectivity index (χ0) is 31.1. The van der Waals surface area contributed by atoms with Crippen LogP contribution in [0, 0.1) is 11.3 Å². The number of hydrogen-bond acceptors (Lipinski definition) is 3. The second-order valence-electron chi connectivity index (χ2n) is 12.3. The van der Waals surface area contributed by atoms with Crippen molar-refractivity contribution in [3.63, 3.8) is 0 Å². The van der Waals surface area contributed by atoms with Gasteiger partial charge < -0.3 is 9.47 Å². The molecule has 0 radical (unpaired) electrons. The van der Waals surface area contributed by atoms with E-state index < -0.39 is 5.41 Å². The van der Waals surface area contributed by atoms with E-state index in [4.69, 9.17) is 0 Å². The van der Waals surface area contributed by atoms with Crippen LogP contribution in [0.1, 0.15) is 27.8 Å². The molecule has 0 unspecified atom stereocenters. The average Bonchev–Trinajstić information content (AvgIpc) is 3.63. The molecule has 4 nitrogen and oxygen atoms in total. The summed E-state index contributed by atoms with van der Waals surface area (Å²) in [5, 5.41) is 12.6. The number of benzene rings is 6. The van der Waals surface area contributed by atoms with Gasteiger partial charge in [-0.1, -0.05) is 103 Å². The normalized spacial score (nSPS) is 13.6. The van der Waals surface area contributed by atoms with Gasteiger partial charge in [-0.05, 0) is 75.8 Å². The standard InChI is InChI=1S/C43H26N4/c44-26-28-21-22-29(25-42(28)47-38-18-8-3-13-32(38)33-27-45-24-23-39(33)47)46-40-19-9-6-16-36(40)43(37-17-7-10-20-41(37)46)34-14-4-1-11-30(34)31-12-2-5-15-35(31)43/h1-25,27H. The fourth-order valence-electron chi connectivity index (χ4n) is 8.35. The third kappa shape index (κ3) is 3.27. The molecule has 0 saturated heterocycles. The lowest BCUT2D eigenvalue weighted by molar-refractivity contribution is 0.752. The molecule has 3 heterocycles. The van der Waals surface area contributed by atoms with Crippen LogP contribution in [-0.2, 0) is 5.41 Å². The predicted octanol–water partition coefficient (Wildman–Crippen LogP) is 10.2. The molecular weight excluding hydrogens is 573 g/mol. The topological polar surface area (TPSA) is 44.9 Å².